The quantitative estimate of drug-likeness (QED) is 0.626. The highest BCUT2D eigenvalue weighted by atomic mass is 16.5. The number of likely N-dealkylation sites (N-methyl/N-ethyl adjacent to an activating group) is 1. The first-order valence-corrected chi connectivity index (χ1v) is 4.89. The molecule has 0 amide bonds. The van der Waals surface area contributed by atoms with Gasteiger partial charge in [0.15, 0.2) is 0 Å². The molecule has 4 heteroatoms. The number of hydrogen-bond donors (Lipinski definition) is 1. The Morgan fingerprint density at radius 1 is 1.46 bits per heavy atom. The molecule has 1 atom stereocenters. The zero-order chi connectivity index (χ0) is 9.68. The maximum atomic E-state index is 5.72. The molecule has 0 bridgehead atoms. The van der Waals surface area contributed by atoms with E-state index in [2.05, 4.69) is 16.8 Å². The van der Waals surface area contributed by atoms with Crippen LogP contribution in [0.1, 0.15) is 0 Å². The molecule has 1 unspecified atom stereocenters. The first-order chi connectivity index (χ1) is 6.27. The molecule has 0 aromatic carbocycles. The van der Waals surface area contributed by atoms with Crippen molar-refractivity contribution in [3.8, 4) is 0 Å². The van der Waals surface area contributed by atoms with Crippen molar-refractivity contribution < 1.29 is 4.74 Å². The van der Waals surface area contributed by atoms with E-state index >= 15 is 0 Å². The Bertz CT molecular complexity index is 141. The number of ether oxygens (including phenoxy) is 1. The molecule has 2 N–H and O–H groups in total. The summed E-state index contributed by atoms with van der Waals surface area (Å²) < 4.78 is 5.07. The zero-order valence-corrected chi connectivity index (χ0v) is 8.70. The molecular weight excluding hydrogens is 166 g/mol. The van der Waals surface area contributed by atoms with Crippen LogP contribution in [0.5, 0.6) is 0 Å². The molecule has 4 nitrogen and oxygen atoms in total. The van der Waals surface area contributed by atoms with Crippen LogP contribution < -0.4 is 5.73 Å². The molecule has 1 aliphatic heterocycles. The summed E-state index contributed by atoms with van der Waals surface area (Å²) in [7, 11) is 3.89. The second-order valence-electron chi connectivity index (χ2n) is 3.68. The average Bonchev–Trinajstić information content (AvgIpc) is 2.16. The molecule has 0 aromatic rings. The SMILES string of the molecule is COCCN1CCN(C)CC1CN. The number of nitrogens with two attached hydrogens (primary N) is 1. The fourth-order valence-electron chi connectivity index (χ4n) is 1.77. The van der Waals surface area contributed by atoms with Crippen LogP contribution in [-0.4, -0.2) is 69.3 Å². The molecule has 0 aromatic heterocycles. The summed E-state index contributed by atoms with van der Waals surface area (Å²) in [5, 5.41) is 0. The van der Waals surface area contributed by atoms with E-state index in [1.807, 2.05) is 0 Å². The van der Waals surface area contributed by atoms with Crippen LogP contribution in [0.3, 0.4) is 0 Å². The van der Waals surface area contributed by atoms with Gasteiger partial charge in [-0.15, -0.1) is 0 Å². The standard InChI is InChI=1S/C9H21N3O/c1-11-3-4-12(5-6-13-2)9(7-10)8-11/h9H,3-8,10H2,1-2H3. The van der Waals surface area contributed by atoms with Gasteiger partial charge in [0.2, 0.25) is 0 Å². The second kappa shape index (κ2) is 5.54. The smallest absolute Gasteiger partial charge is 0.0589 e. The summed E-state index contributed by atoms with van der Waals surface area (Å²) in [6.45, 7) is 5.89. The maximum Gasteiger partial charge on any atom is 0.0589 e. The highest BCUT2D eigenvalue weighted by Crippen LogP contribution is 2.06. The molecule has 1 saturated heterocycles. The van der Waals surface area contributed by atoms with Crippen LogP contribution in [0.2, 0.25) is 0 Å². The summed E-state index contributed by atoms with van der Waals surface area (Å²) >= 11 is 0. The van der Waals surface area contributed by atoms with Crippen LogP contribution >= 0.6 is 0 Å². The highest BCUT2D eigenvalue weighted by molar-refractivity contribution is 4.81. The Balaban J connectivity index is 2.33. The second-order valence-corrected chi connectivity index (χ2v) is 3.68. The maximum absolute atomic E-state index is 5.72. The Labute approximate surface area is 80.6 Å². The molecule has 0 saturated carbocycles. The number of piperazine rings is 1. The number of rotatable bonds is 4. The van der Waals surface area contributed by atoms with Crippen LogP contribution in [0.15, 0.2) is 0 Å². The fourth-order valence-corrected chi connectivity index (χ4v) is 1.77. The van der Waals surface area contributed by atoms with Crippen LogP contribution in [0.4, 0.5) is 0 Å². The molecule has 0 aliphatic carbocycles. The van der Waals surface area contributed by atoms with Gasteiger partial charge in [-0.1, -0.05) is 0 Å². The van der Waals surface area contributed by atoms with Gasteiger partial charge in [-0.05, 0) is 7.05 Å². The number of hydrogen-bond acceptors (Lipinski definition) is 4. The van der Waals surface area contributed by atoms with Gasteiger partial charge in [-0.2, -0.15) is 0 Å². The molecule has 1 heterocycles. The lowest BCUT2D eigenvalue weighted by molar-refractivity contribution is 0.0658. The van der Waals surface area contributed by atoms with Crippen molar-refractivity contribution in [3.05, 3.63) is 0 Å². The third-order valence-electron chi connectivity index (χ3n) is 2.66. The van der Waals surface area contributed by atoms with Gasteiger partial charge < -0.3 is 15.4 Å². The van der Waals surface area contributed by atoms with Gasteiger partial charge in [-0.25, -0.2) is 0 Å². The summed E-state index contributed by atoms with van der Waals surface area (Å²) in [4.78, 5) is 4.75. The average molecular weight is 187 g/mol. The van der Waals surface area contributed by atoms with Gasteiger partial charge in [0, 0.05) is 45.9 Å². The summed E-state index contributed by atoms with van der Waals surface area (Å²) in [6, 6.07) is 0.508. The molecule has 1 aliphatic rings. The van der Waals surface area contributed by atoms with Crippen molar-refractivity contribution in [1.82, 2.24) is 9.80 Å². The summed E-state index contributed by atoms with van der Waals surface area (Å²) in [5.41, 5.74) is 5.72. The van der Waals surface area contributed by atoms with Crippen LogP contribution in [0, 0.1) is 0 Å². The third-order valence-corrected chi connectivity index (χ3v) is 2.66. The Hall–Kier alpha value is -0.160. The lowest BCUT2D eigenvalue weighted by Gasteiger charge is -2.39. The molecule has 78 valence electrons. The molecule has 13 heavy (non-hydrogen) atoms. The Morgan fingerprint density at radius 3 is 2.85 bits per heavy atom. The van der Waals surface area contributed by atoms with E-state index in [-0.39, 0.29) is 0 Å². The van der Waals surface area contributed by atoms with E-state index in [9.17, 15) is 0 Å². The van der Waals surface area contributed by atoms with E-state index < -0.39 is 0 Å². The van der Waals surface area contributed by atoms with Gasteiger partial charge in [0.05, 0.1) is 6.61 Å². The number of methoxy groups -OCH3 is 1. The van der Waals surface area contributed by atoms with Crippen molar-refractivity contribution in [2.45, 2.75) is 6.04 Å². The van der Waals surface area contributed by atoms with Crippen LogP contribution in [0.25, 0.3) is 0 Å². The third kappa shape index (κ3) is 3.23. The monoisotopic (exact) mass is 187 g/mol. The largest absolute Gasteiger partial charge is 0.383 e. The van der Waals surface area contributed by atoms with Crippen molar-refractivity contribution in [2.24, 2.45) is 5.73 Å². The Kier molecular flexibility index (Phi) is 4.66. The van der Waals surface area contributed by atoms with Crippen molar-refractivity contribution in [2.75, 3.05) is 53.5 Å². The van der Waals surface area contributed by atoms with Gasteiger partial charge in [0.1, 0.15) is 0 Å². The summed E-state index contributed by atoms with van der Waals surface area (Å²) in [6.07, 6.45) is 0. The normalized spacial score (nSPS) is 26.5. The molecule has 1 rings (SSSR count). The highest BCUT2D eigenvalue weighted by Gasteiger charge is 2.23. The van der Waals surface area contributed by atoms with E-state index in [1.54, 1.807) is 7.11 Å². The van der Waals surface area contributed by atoms with E-state index in [4.69, 9.17) is 10.5 Å². The van der Waals surface area contributed by atoms with E-state index in [1.165, 1.54) is 0 Å². The van der Waals surface area contributed by atoms with Crippen molar-refractivity contribution >= 4 is 0 Å². The molecular formula is C9H21N3O. The first-order valence-electron chi connectivity index (χ1n) is 4.89. The molecule has 1 fully saturated rings. The summed E-state index contributed by atoms with van der Waals surface area (Å²) in [5.74, 6) is 0. The van der Waals surface area contributed by atoms with Gasteiger partial charge in [-0.3, -0.25) is 4.90 Å². The first kappa shape index (κ1) is 10.9. The number of nitrogens with zero attached hydrogens (tertiary/aromatic N) is 2. The van der Waals surface area contributed by atoms with Gasteiger partial charge >= 0.3 is 0 Å². The predicted molar refractivity (Wildman–Crippen MR) is 53.8 cm³/mol. The Morgan fingerprint density at radius 2 is 2.23 bits per heavy atom. The lowest BCUT2D eigenvalue weighted by Crippen LogP contribution is -2.55. The van der Waals surface area contributed by atoms with E-state index in [0.29, 0.717) is 6.04 Å². The minimum absolute atomic E-state index is 0.508. The van der Waals surface area contributed by atoms with Crippen LogP contribution in [-0.2, 0) is 4.74 Å². The minimum atomic E-state index is 0.508. The topological polar surface area (TPSA) is 41.7 Å². The molecule has 0 spiro atoms. The predicted octanol–water partition coefficient (Wildman–Crippen LogP) is -0.792. The van der Waals surface area contributed by atoms with Gasteiger partial charge in [0.25, 0.3) is 0 Å². The molecule has 0 radical (unpaired) electrons. The van der Waals surface area contributed by atoms with E-state index in [0.717, 1.165) is 39.3 Å². The zero-order valence-electron chi connectivity index (χ0n) is 8.70. The van der Waals surface area contributed by atoms with Crippen molar-refractivity contribution in [3.63, 3.8) is 0 Å². The minimum Gasteiger partial charge on any atom is -0.383 e. The van der Waals surface area contributed by atoms with Crippen molar-refractivity contribution in [1.29, 1.82) is 0 Å². The lowest BCUT2D eigenvalue weighted by atomic mass is 10.2. The fraction of sp³-hybridized carbons (Fsp3) is 1.00.